The van der Waals surface area contributed by atoms with Crippen LogP contribution in [0.25, 0.3) is 75.1 Å². The van der Waals surface area contributed by atoms with E-state index in [1.54, 1.807) is 0 Å². The molecule has 0 saturated carbocycles. The van der Waals surface area contributed by atoms with Crippen LogP contribution in [0.5, 0.6) is 0 Å². The standard InChI is InChI=1S/C46H29NOS/c1-2-12-30(13-3-1)32-15-10-16-34(28-32)47(41-21-11-22-42-45(41)39-27-24-31-14-4-5-18-36(31)46(39)48-42)40-20-8-6-17-35(40)33-25-26-38-37-19-7-9-23-43(37)49-44(38)29-33/h1-29H. The van der Waals surface area contributed by atoms with Gasteiger partial charge >= 0.3 is 0 Å². The van der Waals surface area contributed by atoms with Crippen LogP contribution in [-0.4, -0.2) is 0 Å². The third-order valence-corrected chi connectivity index (χ3v) is 10.8. The molecule has 0 atom stereocenters. The van der Waals surface area contributed by atoms with Gasteiger partial charge in [-0.1, -0.05) is 127 Å². The van der Waals surface area contributed by atoms with E-state index < -0.39 is 0 Å². The van der Waals surface area contributed by atoms with Crippen molar-refractivity contribution in [1.29, 1.82) is 0 Å². The molecule has 0 radical (unpaired) electrons. The highest BCUT2D eigenvalue weighted by Crippen LogP contribution is 2.48. The van der Waals surface area contributed by atoms with Crippen LogP contribution in [0.15, 0.2) is 180 Å². The minimum absolute atomic E-state index is 0.872. The summed E-state index contributed by atoms with van der Waals surface area (Å²) in [6.07, 6.45) is 0. The summed E-state index contributed by atoms with van der Waals surface area (Å²) >= 11 is 1.86. The molecule has 0 N–H and O–H groups in total. The van der Waals surface area contributed by atoms with Crippen LogP contribution in [0.1, 0.15) is 0 Å². The maximum absolute atomic E-state index is 6.69. The summed E-state index contributed by atoms with van der Waals surface area (Å²) in [6.45, 7) is 0. The minimum atomic E-state index is 0.872. The number of hydrogen-bond donors (Lipinski definition) is 0. The van der Waals surface area contributed by atoms with E-state index in [1.165, 1.54) is 47.8 Å². The van der Waals surface area contributed by atoms with Gasteiger partial charge in [0.25, 0.3) is 0 Å². The van der Waals surface area contributed by atoms with E-state index in [0.29, 0.717) is 0 Å². The van der Waals surface area contributed by atoms with Crippen molar-refractivity contribution < 1.29 is 4.42 Å². The third-order valence-electron chi connectivity index (χ3n) is 9.65. The third kappa shape index (κ3) is 4.55. The van der Waals surface area contributed by atoms with Crippen molar-refractivity contribution in [2.45, 2.75) is 0 Å². The van der Waals surface area contributed by atoms with Gasteiger partial charge in [-0.2, -0.15) is 0 Å². The summed E-state index contributed by atoms with van der Waals surface area (Å²) in [6, 6.07) is 63.2. The molecule has 0 aliphatic carbocycles. The number of hydrogen-bond acceptors (Lipinski definition) is 3. The number of furan rings is 1. The predicted molar refractivity (Wildman–Crippen MR) is 210 cm³/mol. The summed E-state index contributed by atoms with van der Waals surface area (Å²) < 4.78 is 9.29. The lowest BCUT2D eigenvalue weighted by Crippen LogP contribution is -2.11. The van der Waals surface area contributed by atoms with Gasteiger partial charge in [0.2, 0.25) is 0 Å². The lowest BCUT2D eigenvalue weighted by atomic mass is 9.98. The van der Waals surface area contributed by atoms with Crippen LogP contribution in [0.2, 0.25) is 0 Å². The first kappa shape index (κ1) is 27.9. The number of para-hydroxylation sites is 1. The van der Waals surface area contributed by atoms with E-state index in [2.05, 4.69) is 181 Å². The number of nitrogens with zero attached hydrogens (tertiary/aromatic N) is 1. The molecule has 49 heavy (non-hydrogen) atoms. The first-order chi connectivity index (χ1) is 24.3. The zero-order valence-corrected chi connectivity index (χ0v) is 27.3. The fourth-order valence-corrected chi connectivity index (χ4v) is 8.54. The molecule has 0 bridgehead atoms. The number of fused-ring (bicyclic) bond motifs is 8. The molecule has 0 amide bonds. The van der Waals surface area contributed by atoms with Gasteiger partial charge in [-0.15, -0.1) is 11.3 Å². The Morgan fingerprint density at radius 1 is 0.429 bits per heavy atom. The Bertz CT molecular complexity index is 2840. The first-order valence-electron chi connectivity index (χ1n) is 16.6. The van der Waals surface area contributed by atoms with Crippen LogP contribution >= 0.6 is 11.3 Å². The molecule has 3 heteroatoms. The maximum atomic E-state index is 6.69. The second-order valence-electron chi connectivity index (χ2n) is 12.5. The van der Waals surface area contributed by atoms with Gasteiger partial charge < -0.3 is 9.32 Å². The molecule has 2 aromatic heterocycles. The Labute approximate surface area is 287 Å². The lowest BCUT2D eigenvalue weighted by molar-refractivity contribution is 0.672. The lowest BCUT2D eigenvalue weighted by Gasteiger charge is -2.29. The topological polar surface area (TPSA) is 16.4 Å². The Balaban J connectivity index is 1.25. The quantitative estimate of drug-likeness (QED) is 0.186. The fourth-order valence-electron chi connectivity index (χ4n) is 7.39. The molecule has 0 aliphatic heterocycles. The van der Waals surface area contributed by atoms with Crippen LogP contribution in [0.4, 0.5) is 17.1 Å². The normalized spacial score (nSPS) is 11.7. The van der Waals surface area contributed by atoms with Crippen molar-refractivity contribution in [3.8, 4) is 22.3 Å². The molecule has 8 aromatic carbocycles. The molecule has 0 fully saturated rings. The second-order valence-corrected chi connectivity index (χ2v) is 13.6. The highest BCUT2D eigenvalue weighted by Gasteiger charge is 2.23. The molecule has 0 spiro atoms. The summed E-state index contributed by atoms with van der Waals surface area (Å²) in [5.74, 6) is 0. The number of thiophene rings is 1. The molecule has 10 rings (SSSR count). The van der Waals surface area contributed by atoms with E-state index in [0.717, 1.165) is 44.4 Å². The number of rotatable bonds is 5. The average Bonchev–Trinajstić information content (AvgIpc) is 3.74. The van der Waals surface area contributed by atoms with Crippen molar-refractivity contribution in [3.63, 3.8) is 0 Å². The predicted octanol–water partition coefficient (Wildman–Crippen LogP) is 13.9. The highest BCUT2D eigenvalue weighted by atomic mass is 32.1. The molecule has 0 unspecified atom stereocenters. The molecule has 2 nitrogen and oxygen atoms in total. The van der Waals surface area contributed by atoms with Gasteiger partial charge in [0, 0.05) is 42.2 Å². The zero-order valence-electron chi connectivity index (χ0n) is 26.5. The number of benzene rings is 8. The molecule has 2 heterocycles. The van der Waals surface area contributed by atoms with Crippen LogP contribution in [0.3, 0.4) is 0 Å². The smallest absolute Gasteiger partial charge is 0.143 e. The van der Waals surface area contributed by atoms with E-state index in [-0.39, 0.29) is 0 Å². The first-order valence-corrected chi connectivity index (χ1v) is 17.4. The largest absolute Gasteiger partial charge is 0.455 e. The molecular formula is C46H29NOS. The Morgan fingerprint density at radius 2 is 1.14 bits per heavy atom. The van der Waals surface area contributed by atoms with E-state index in [4.69, 9.17) is 4.42 Å². The van der Waals surface area contributed by atoms with Crippen molar-refractivity contribution in [2.24, 2.45) is 0 Å². The summed E-state index contributed by atoms with van der Waals surface area (Å²) in [7, 11) is 0. The van der Waals surface area contributed by atoms with Crippen LogP contribution in [0, 0.1) is 0 Å². The monoisotopic (exact) mass is 643 g/mol. The van der Waals surface area contributed by atoms with Crippen LogP contribution < -0.4 is 4.90 Å². The fraction of sp³-hybridized carbons (Fsp3) is 0. The van der Waals surface area contributed by atoms with Crippen molar-refractivity contribution in [1.82, 2.24) is 0 Å². The maximum Gasteiger partial charge on any atom is 0.143 e. The molecule has 0 saturated heterocycles. The van der Waals surface area contributed by atoms with E-state index >= 15 is 0 Å². The number of anilines is 3. The van der Waals surface area contributed by atoms with Gasteiger partial charge in [0.15, 0.2) is 0 Å². The summed E-state index contributed by atoms with van der Waals surface area (Å²) in [5, 5.41) is 7.12. The molecular weight excluding hydrogens is 615 g/mol. The molecule has 230 valence electrons. The van der Waals surface area contributed by atoms with Gasteiger partial charge in [0.05, 0.1) is 16.8 Å². The SMILES string of the molecule is c1ccc(-c2cccc(N(c3ccccc3-c3ccc4c(c3)sc3ccccc34)c3cccc4oc5c6ccccc6ccc5c34)c2)cc1. The van der Waals surface area contributed by atoms with Crippen molar-refractivity contribution in [2.75, 3.05) is 4.90 Å². The Hall–Kier alpha value is -6.16. The summed E-state index contributed by atoms with van der Waals surface area (Å²) in [4.78, 5) is 2.42. The van der Waals surface area contributed by atoms with Crippen molar-refractivity contribution in [3.05, 3.63) is 176 Å². The minimum Gasteiger partial charge on any atom is -0.455 e. The van der Waals surface area contributed by atoms with Gasteiger partial charge in [-0.05, 0) is 70.6 Å². The molecule has 0 aliphatic rings. The Kier molecular flexibility index (Phi) is 6.39. The zero-order chi connectivity index (χ0) is 32.3. The molecule has 10 aromatic rings. The van der Waals surface area contributed by atoms with E-state index in [1.807, 2.05) is 11.3 Å². The van der Waals surface area contributed by atoms with Gasteiger partial charge in [-0.25, -0.2) is 0 Å². The van der Waals surface area contributed by atoms with E-state index in [9.17, 15) is 0 Å². The van der Waals surface area contributed by atoms with Gasteiger partial charge in [-0.3, -0.25) is 0 Å². The second kappa shape index (κ2) is 11.2. The Morgan fingerprint density at radius 3 is 2.08 bits per heavy atom. The highest BCUT2D eigenvalue weighted by molar-refractivity contribution is 7.25. The van der Waals surface area contributed by atoms with Crippen LogP contribution in [-0.2, 0) is 0 Å². The summed E-state index contributed by atoms with van der Waals surface area (Å²) in [5.41, 5.74) is 9.77. The average molecular weight is 644 g/mol. The van der Waals surface area contributed by atoms with Crippen molar-refractivity contribution >= 4 is 81.3 Å². The van der Waals surface area contributed by atoms with Gasteiger partial charge in [0.1, 0.15) is 11.2 Å².